The van der Waals surface area contributed by atoms with Crippen molar-refractivity contribution >= 4 is 33.2 Å². The van der Waals surface area contributed by atoms with E-state index in [4.69, 9.17) is 9.47 Å². The Morgan fingerprint density at radius 3 is 2.39 bits per heavy atom. The highest BCUT2D eigenvalue weighted by Gasteiger charge is 2.27. The molecule has 2 aromatic rings. The Morgan fingerprint density at radius 1 is 1.07 bits per heavy atom. The molecule has 0 aliphatic carbocycles. The number of ether oxygens (including phenoxy) is 2. The van der Waals surface area contributed by atoms with E-state index in [-0.39, 0.29) is 16.5 Å². The molecule has 0 radical (unpaired) electrons. The largest absolute Gasteiger partial charge is 0.497 e. The summed E-state index contributed by atoms with van der Waals surface area (Å²) in [5.74, 6) is 0.931. The molecule has 1 fully saturated rings. The molecule has 1 amide bonds. The Balaban J connectivity index is 1.74. The zero-order valence-electron chi connectivity index (χ0n) is 15.6. The molecule has 0 saturated carbocycles. The molecule has 0 spiro atoms. The van der Waals surface area contributed by atoms with Gasteiger partial charge in [0.2, 0.25) is 0 Å². The van der Waals surface area contributed by atoms with Crippen LogP contribution in [0, 0.1) is 10.1 Å². The fraction of sp³-hybridized carbons (Fsp3) is 0.316. The number of rotatable bonds is 5. The zero-order chi connectivity index (χ0) is 20.3. The Labute approximate surface area is 170 Å². The summed E-state index contributed by atoms with van der Waals surface area (Å²) in [5.41, 5.74) is 1.07. The summed E-state index contributed by atoms with van der Waals surface area (Å²) in [7, 11) is 3.06. The minimum atomic E-state index is -0.389. The Morgan fingerprint density at radius 2 is 1.79 bits per heavy atom. The van der Waals surface area contributed by atoms with Crippen LogP contribution in [0.2, 0.25) is 0 Å². The van der Waals surface area contributed by atoms with Crippen LogP contribution >= 0.6 is 15.9 Å². The van der Waals surface area contributed by atoms with Gasteiger partial charge in [0.25, 0.3) is 11.6 Å². The molecule has 0 bridgehead atoms. The standard InChI is InChI=1S/C19H20BrN3O5/c1-27-14-4-5-15(18(12-14)28-2)19(24)22-9-7-21(8-10-22)16-6-3-13(20)11-17(16)23(25)26/h3-6,11-12H,7-10H2,1-2H3. The average molecular weight is 450 g/mol. The number of methoxy groups -OCH3 is 2. The van der Waals surface area contributed by atoms with Crippen LogP contribution in [-0.4, -0.2) is 56.1 Å². The summed E-state index contributed by atoms with van der Waals surface area (Å²) >= 11 is 3.27. The molecule has 0 unspecified atom stereocenters. The van der Waals surface area contributed by atoms with Gasteiger partial charge in [-0.05, 0) is 24.3 Å². The number of benzene rings is 2. The van der Waals surface area contributed by atoms with Gasteiger partial charge < -0.3 is 19.3 Å². The highest BCUT2D eigenvalue weighted by molar-refractivity contribution is 9.10. The van der Waals surface area contributed by atoms with Crippen molar-refractivity contribution in [1.82, 2.24) is 4.90 Å². The molecule has 9 heteroatoms. The second-order valence-electron chi connectivity index (χ2n) is 6.24. The fourth-order valence-electron chi connectivity index (χ4n) is 3.21. The number of carbonyl (C=O) groups excluding carboxylic acids is 1. The number of piperazine rings is 1. The monoisotopic (exact) mass is 449 g/mol. The smallest absolute Gasteiger partial charge is 0.293 e. The van der Waals surface area contributed by atoms with E-state index in [9.17, 15) is 14.9 Å². The van der Waals surface area contributed by atoms with Crippen LogP contribution in [0.3, 0.4) is 0 Å². The molecule has 0 atom stereocenters. The van der Waals surface area contributed by atoms with Crippen LogP contribution in [0.5, 0.6) is 11.5 Å². The number of anilines is 1. The van der Waals surface area contributed by atoms with Crippen molar-refractivity contribution in [3.8, 4) is 11.5 Å². The maximum Gasteiger partial charge on any atom is 0.293 e. The number of carbonyl (C=O) groups is 1. The third-order valence-corrected chi connectivity index (χ3v) is 5.17. The first-order valence-electron chi connectivity index (χ1n) is 8.64. The van der Waals surface area contributed by atoms with Gasteiger partial charge in [0.1, 0.15) is 17.2 Å². The average Bonchev–Trinajstić information content (AvgIpc) is 2.72. The third-order valence-electron chi connectivity index (χ3n) is 4.68. The van der Waals surface area contributed by atoms with Crippen molar-refractivity contribution in [3.05, 3.63) is 56.5 Å². The highest BCUT2D eigenvalue weighted by atomic mass is 79.9. The molecule has 0 N–H and O–H groups in total. The number of nitro benzene ring substituents is 1. The summed E-state index contributed by atoms with van der Waals surface area (Å²) in [5, 5.41) is 11.4. The van der Waals surface area contributed by atoms with E-state index in [0.29, 0.717) is 53.4 Å². The maximum atomic E-state index is 12.9. The third kappa shape index (κ3) is 4.04. The fourth-order valence-corrected chi connectivity index (χ4v) is 3.56. The number of halogens is 1. The van der Waals surface area contributed by atoms with Gasteiger partial charge in [-0.3, -0.25) is 14.9 Å². The van der Waals surface area contributed by atoms with E-state index in [2.05, 4.69) is 15.9 Å². The van der Waals surface area contributed by atoms with E-state index in [1.54, 1.807) is 42.3 Å². The normalized spacial score (nSPS) is 14.0. The zero-order valence-corrected chi connectivity index (χ0v) is 17.1. The summed E-state index contributed by atoms with van der Waals surface area (Å²) in [6.45, 7) is 1.93. The van der Waals surface area contributed by atoms with Crippen LogP contribution in [-0.2, 0) is 0 Å². The highest BCUT2D eigenvalue weighted by Crippen LogP contribution is 2.32. The van der Waals surface area contributed by atoms with Crippen molar-refractivity contribution in [2.75, 3.05) is 45.3 Å². The Kier molecular flexibility index (Phi) is 6.03. The molecular formula is C19H20BrN3O5. The van der Waals surface area contributed by atoms with E-state index in [0.717, 1.165) is 0 Å². The molecule has 28 heavy (non-hydrogen) atoms. The SMILES string of the molecule is COc1ccc(C(=O)N2CCN(c3ccc(Br)cc3[N+](=O)[O-])CC2)c(OC)c1. The minimum absolute atomic E-state index is 0.0472. The van der Waals surface area contributed by atoms with Crippen LogP contribution in [0.25, 0.3) is 0 Å². The summed E-state index contributed by atoms with van der Waals surface area (Å²) < 4.78 is 11.2. The lowest BCUT2D eigenvalue weighted by molar-refractivity contribution is -0.384. The van der Waals surface area contributed by atoms with Gasteiger partial charge in [0, 0.05) is 42.8 Å². The second-order valence-corrected chi connectivity index (χ2v) is 7.15. The number of amides is 1. The van der Waals surface area contributed by atoms with E-state index < -0.39 is 0 Å². The quantitative estimate of drug-likeness (QED) is 0.513. The molecule has 1 aliphatic rings. The van der Waals surface area contributed by atoms with E-state index >= 15 is 0 Å². The van der Waals surface area contributed by atoms with Gasteiger partial charge in [-0.15, -0.1) is 0 Å². The number of hydrogen-bond acceptors (Lipinski definition) is 6. The lowest BCUT2D eigenvalue weighted by Gasteiger charge is -2.36. The molecule has 1 saturated heterocycles. The second kappa shape index (κ2) is 8.47. The first-order chi connectivity index (χ1) is 13.4. The van der Waals surface area contributed by atoms with Gasteiger partial charge >= 0.3 is 0 Å². The lowest BCUT2D eigenvalue weighted by Crippen LogP contribution is -2.49. The van der Waals surface area contributed by atoms with Gasteiger partial charge in [0.15, 0.2) is 0 Å². The van der Waals surface area contributed by atoms with Crippen LogP contribution in [0.4, 0.5) is 11.4 Å². The molecule has 8 nitrogen and oxygen atoms in total. The molecule has 3 rings (SSSR count). The molecule has 1 heterocycles. The molecular weight excluding hydrogens is 430 g/mol. The number of nitrogens with zero attached hydrogens (tertiary/aromatic N) is 3. The lowest BCUT2D eigenvalue weighted by atomic mass is 10.1. The Bertz CT molecular complexity index is 897. The summed E-state index contributed by atoms with van der Waals surface area (Å²) in [6.07, 6.45) is 0. The van der Waals surface area contributed by atoms with Crippen molar-refractivity contribution in [3.63, 3.8) is 0 Å². The first kappa shape index (κ1) is 19.9. The maximum absolute atomic E-state index is 12.9. The van der Waals surface area contributed by atoms with Crippen LogP contribution in [0.1, 0.15) is 10.4 Å². The predicted molar refractivity (Wildman–Crippen MR) is 108 cm³/mol. The van der Waals surface area contributed by atoms with Crippen molar-refractivity contribution < 1.29 is 19.2 Å². The summed E-state index contributed by atoms with van der Waals surface area (Å²) in [6, 6.07) is 10.1. The van der Waals surface area contributed by atoms with Gasteiger partial charge in [0.05, 0.1) is 24.7 Å². The van der Waals surface area contributed by atoms with Crippen molar-refractivity contribution in [1.29, 1.82) is 0 Å². The van der Waals surface area contributed by atoms with Gasteiger partial charge in [-0.25, -0.2) is 0 Å². The molecule has 0 aromatic heterocycles. The number of hydrogen-bond donors (Lipinski definition) is 0. The first-order valence-corrected chi connectivity index (χ1v) is 9.44. The van der Waals surface area contributed by atoms with Crippen molar-refractivity contribution in [2.24, 2.45) is 0 Å². The van der Waals surface area contributed by atoms with Crippen LogP contribution < -0.4 is 14.4 Å². The van der Waals surface area contributed by atoms with Crippen molar-refractivity contribution in [2.45, 2.75) is 0 Å². The van der Waals surface area contributed by atoms with E-state index in [1.165, 1.54) is 13.2 Å². The predicted octanol–water partition coefficient (Wildman–Crippen LogP) is 3.34. The van der Waals surface area contributed by atoms with Gasteiger partial charge in [-0.2, -0.15) is 0 Å². The van der Waals surface area contributed by atoms with E-state index in [1.807, 2.05) is 4.90 Å². The minimum Gasteiger partial charge on any atom is -0.497 e. The number of nitro groups is 1. The topological polar surface area (TPSA) is 85.2 Å². The molecule has 1 aliphatic heterocycles. The van der Waals surface area contributed by atoms with Crippen LogP contribution in [0.15, 0.2) is 40.9 Å². The Hall–Kier alpha value is -2.81. The summed E-state index contributed by atoms with van der Waals surface area (Å²) in [4.78, 5) is 27.5. The molecule has 148 valence electrons. The molecule has 2 aromatic carbocycles. The van der Waals surface area contributed by atoms with Gasteiger partial charge in [-0.1, -0.05) is 15.9 Å².